The van der Waals surface area contributed by atoms with E-state index in [9.17, 15) is 4.79 Å². The van der Waals surface area contributed by atoms with E-state index in [4.69, 9.17) is 4.74 Å². The zero-order valence-corrected chi connectivity index (χ0v) is 12.4. The van der Waals surface area contributed by atoms with E-state index in [0.29, 0.717) is 13.2 Å². The van der Waals surface area contributed by atoms with Gasteiger partial charge in [-0.1, -0.05) is 30.3 Å². The van der Waals surface area contributed by atoms with Crippen molar-refractivity contribution >= 4 is 11.7 Å². The molecule has 4 heteroatoms. The van der Waals surface area contributed by atoms with Crippen molar-refractivity contribution in [2.45, 2.75) is 6.92 Å². The quantitative estimate of drug-likeness (QED) is 0.857. The molecule has 0 saturated heterocycles. The van der Waals surface area contributed by atoms with Gasteiger partial charge >= 0.3 is 6.03 Å². The molecule has 2 aromatic rings. The molecule has 0 aromatic heterocycles. The minimum Gasteiger partial charge on any atom is -0.492 e. The normalized spacial score (nSPS) is 10.0. The van der Waals surface area contributed by atoms with E-state index < -0.39 is 0 Å². The summed E-state index contributed by atoms with van der Waals surface area (Å²) in [6, 6.07) is 17.2. The number of hydrogen-bond donors (Lipinski definition) is 1. The lowest BCUT2D eigenvalue weighted by molar-refractivity contribution is 0.243. The Kier molecular flexibility index (Phi) is 5.21. The first-order chi connectivity index (χ1) is 10.2. The molecule has 0 aliphatic heterocycles. The van der Waals surface area contributed by atoms with E-state index in [-0.39, 0.29) is 6.03 Å². The van der Waals surface area contributed by atoms with E-state index in [1.54, 1.807) is 11.9 Å². The summed E-state index contributed by atoms with van der Waals surface area (Å²) in [4.78, 5) is 13.5. The zero-order valence-electron chi connectivity index (χ0n) is 12.4. The van der Waals surface area contributed by atoms with Crippen molar-refractivity contribution in [2.75, 3.05) is 25.1 Å². The molecule has 110 valence electrons. The number of para-hydroxylation sites is 1. The third kappa shape index (κ3) is 4.53. The van der Waals surface area contributed by atoms with Gasteiger partial charge in [0.05, 0.1) is 6.54 Å². The Labute approximate surface area is 125 Å². The second-order valence-corrected chi connectivity index (χ2v) is 4.79. The fourth-order valence-electron chi connectivity index (χ4n) is 1.92. The average molecular weight is 284 g/mol. The van der Waals surface area contributed by atoms with Gasteiger partial charge in [-0.15, -0.1) is 0 Å². The molecule has 2 amide bonds. The summed E-state index contributed by atoms with van der Waals surface area (Å²) in [6.07, 6.45) is 0. The third-order valence-corrected chi connectivity index (χ3v) is 3.08. The van der Waals surface area contributed by atoms with Crippen LogP contribution in [0.15, 0.2) is 54.6 Å². The molecule has 0 radical (unpaired) electrons. The highest BCUT2D eigenvalue weighted by molar-refractivity contribution is 5.91. The third-order valence-electron chi connectivity index (χ3n) is 3.08. The van der Waals surface area contributed by atoms with Gasteiger partial charge in [0.25, 0.3) is 0 Å². The average Bonchev–Trinajstić information content (AvgIpc) is 2.51. The number of ether oxygens (including phenoxy) is 1. The van der Waals surface area contributed by atoms with Crippen molar-refractivity contribution in [1.82, 2.24) is 5.32 Å². The summed E-state index contributed by atoms with van der Waals surface area (Å²) >= 11 is 0. The molecule has 2 aromatic carbocycles. The van der Waals surface area contributed by atoms with Gasteiger partial charge in [-0.25, -0.2) is 4.79 Å². The van der Waals surface area contributed by atoms with Crippen LogP contribution < -0.4 is 15.0 Å². The van der Waals surface area contributed by atoms with Crippen molar-refractivity contribution in [3.05, 3.63) is 60.2 Å². The molecule has 0 heterocycles. The molecule has 0 aliphatic rings. The van der Waals surface area contributed by atoms with Gasteiger partial charge in [0.1, 0.15) is 12.4 Å². The highest BCUT2D eigenvalue weighted by Crippen LogP contribution is 2.12. The van der Waals surface area contributed by atoms with Crippen LogP contribution in [0.25, 0.3) is 0 Å². The first-order valence-corrected chi connectivity index (χ1v) is 6.93. The largest absolute Gasteiger partial charge is 0.492 e. The molecule has 0 spiro atoms. The first kappa shape index (κ1) is 14.9. The number of anilines is 1. The van der Waals surface area contributed by atoms with Crippen LogP contribution in [0.4, 0.5) is 10.5 Å². The Balaban J connectivity index is 1.74. The van der Waals surface area contributed by atoms with Gasteiger partial charge < -0.3 is 10.1 Å². The Bertz CT molecular complexity index is 584. The van der Waals surface area contributed by atoms with Crippen molar-refractivity contribution in [3.8, 4) is 5.75 Å². The molecule has 21 heavy (non-hydrogen) atoms. The highest BCUT2D eigenvalue weighted by Gasteiger charge is 2.09. The van der Waals surface area contributed by atoms with Crippen molar-refractivity contribution in [2.24, 2.45) is 0 Å². The Morgan fingerprint density at radius 2 is 1.90 bits per heavy atom. The number of nitrogens with one attached hydrogen (secondary N) is 1. The lowest BCUT2D eigenvalue weighted by atomic mass is 10.2. The number of urea groups is 1. The van der Waals surface area contributed by atoms with Crippen LogP contribution in [0.1, 0.15) is 5.56 Å². The summed E-state index contributed by atoms with van der Waals surface area (Å²) in [6.45, 7) is 2.92. The van der Waals surface area contributed by atoms with E-state index >= 15 is 0 Å². The van der Waals surface area contributed by atoms with Crippen LogP contribution in [-0.2, 0) is 0 Å². The minimum absolute atomic E-state index is 0.144. The minimum atomic E-state index is -0.144. The molecular weight excluding hydrogens is 264 g/mol. The Morgan fingerprint density at radius 1 is 1.14 bits per heavy atom. The molecule has 0 atom stereocenters. The maximum absolute atomic E-state index is 12.0. The molecule has 0 bridgehead atoms. The number of amides is 2. The van der Waals surface area contributed by atoms with Crippen LogP contribution in [0.2, 0.25) is 0 Å². The van der Waals surface area contributed by atoms with Crippen LogP contribution in [0.3, 0.4) is 0 Å². The first-order valence-electron chi connectivity index (χ1n) is 6.93. The summed E-state index contributed by atoms with van der Waals surface area (Å²) in [5.74, 6) is 0.820. The van der Waals surface area contributed by atoms with Crippen LogP contribution >= 0.6 is 0 Å². The van der Waals surface area contributed by atoms with Crippen molar-refractivity contribution < 1.29 is 9.53 Å². The van der Waals surface area contributed by atoms with E-state index in [0.717, 1.165) is 17.0 Å². The molecule has 0 aliphatic carbocycles. The predicted octanol–water partition coefficient (Wildman–Crippen LogP) is 3.22. The number of carbonyl (C=O) groups is 1. The van der Waals surface area contributed by atoms with Gasteiger partial charge in [0.2, 0.25) is 0 Å². The van der Waals surface area contributed by atoms with Crippen LogP contribution in [0, 0.1) is 6.92 Å². The predicted molar refractivity (Wildman–Crippen MR) is 84.9 cm³/mol. The van der Waals surface area contributed by atoms with Crippen LogP contribution in [-0.4, -0.2) is 26.2 Å². The lowest BCUT2D eigenvalue weighted by Gasteiger charge is -2.18. The molecular formula is C17H20N2O2. The fourth-order valence-corrected chi connectivity index (χ4v) is 1.92. The van der Waals surface area contributed by atoms with Gasteiger partial charge in [-0.05, 0) is 36.8 Å². The summed E-state index contributed by atoms with van der Waals surface area (Å²) < 4.78 is 5.59. The highest BCUT2D eigenvalue weighted by atomic mass is 16.5. The van der Waals surface area contributed by atoms with Gasteiger partial charge in [0, 0.05) is 12.7 Å². The number of rotatable bonds is 5. The molecule has 4 nitrogen and oxygen atoms in total. The van der Waals surface area contributed by atoms with Crippen LogP contribution in [0.5, 0.6) is 5.75 Å². The summed E-state index contributed by atoms with van der Waals surface area (Å²) in [5, 5.41) is 2.83. The number of aryl methyl sites for hydroxylation is 1. The topological polar surface area (TPSA) is 41.6 Å². The van der Waals surface area contributed by atoms with Gasteiger partial charge in [-0.3, -0.25) is 4.90 Å². The standard InChI is InChI=1S/C17H20N2O2/c1-14-7-6-10-16(13-14)21-12-11-18-17(20)19(2)15-8-4-3-5-9-15/h3-10,13H,11-12H2,1-2H3,(H,18,20). The SMILES string of the molecule is Cc1cccc(OCCNC(=O)N(C)c2ccccc2)c1. The fraction of sp³-hybridized carbons (Fsp3) is 0.235. The molecule has 0 fully saturated rings. The number of hydrogen-bond acceptors (Lipinski definition) is 2. The maximum atomic E-state index is 12.0. The maximum Gasteiger partial charge on any atom is 0.321 e. The van der Waals surface area contributed by atoms with E-state index in [1.807, 2.05) is 61.5 Å². The second-order valence-electron chi connectivity index (χ2n) is 4.79. The Hall–Kier alpha value is -2.49. The number of benzene rings is 2. The molecule has 2 rings (SSSR count). The van der Waals surface area contributed by atoms with Crippen molar-refractivity contribution in [1.29, 1.82) is 0 Å². The van der Waals surface area contributed by atoms with Gasteiger partial charge in [-0.2, -0.15) is 0 Å². The monoisotopic (exact) mass is 284 g/mol. The number of nitrogens with zero attached hydrogens (tertiary/aromatic N) is 1. The van der Waals surface area contributed by atoms with Gasteiger partial charge in [0.15, 0.2) is 0 Å². The Morgan fingerprint density at radius 3 is 2.62 bits per heavy atom. The van der Waals surface area contributed by atoms with E-state index in [2.05, 4.69) is 5.32 Å². The smallest absolute Gasteiger partial charge is 0.321 e. The second kappa shape index (κ2) is 7.33. The molecule has 0 unspecified atom stereocenters. The summed E-state index contributed by atoms with van der Waals surface area (Å²) in [5.41, 5.74) is 2.01. The lowest BCUT2D eigenvalue weighted by Crippen LogP contribution is -2.39. The van der Waals surface area contributed by atoms with Crippen molar-refractivity contribution in [3.63, 3.8) is 0 Å². The zero-order chi connectivity index (χ0) is 15.1. The number of carbonyl (C=O) groups excluding carboxylic acids is 1. The molecule has 0 saturated carbocycles. The summed E-state index contributed by atoms with van der Waals surface area (Å²) in [7, 11) is 1.74. The molecule has 1 N–H and O–H groups in total. The van der Waals surface area contributed by atoms with E-state index in [1.165, 1.54) is 0 Å².